The maximum absolute atomic E-state index is 9.10. The van der Waals surface area contributed by atoms with Crippen LogP contribution in [0.5, 0.6) is 17.2 Å². The normalized spacial score (nSPS) is 10.3. The molecule has 0 aliphatic rings. The van der Waals surface area contributed by atoms with Crippen molar-refractivity contribution < 1.29 is 14.6 Å². The monoisotopic (exact) mass is 260 g/mol. The van der Waals surface area contributed by atoms with Crippen molar-refractivity contribution in [3.05, 3.63) is 47.8 Å². The Balaban J connectivity index is 2.32. The number of aliphatic hydroxyl groups excluding tert-OH is 1. The first kappa shape index (κ1) is 13.3. The lowest BCUT2D eigenvalue weighted by atomic mass is 10.2. The van der Waals surface area contributed by atoms with Crippen LogP contribution in [-0.2, 0) is 13.2 Å². The molecule has 19 heavy (non-hydrogen) atoms. The van der Waals surface area contributed by atoms with E-state index in [2.05, 4.69) is 4.98 Å². The van der Waals surface area contributed by atoms with Crippen LogP contribution in [0.25, 0.3) is 0 Å². The standard InChI is InChI=1S/C14H16N2O3/c1-18-13-6-10(9-17)2-3-12(13)19-14-8-16-5-4-11(14)7-15/h2-6,8,17H,7,9,15H2,1H3. The molecule has 2 aromatic rings. The van der Waals surface area contributed by atoms with Crippen LogP contribution < -0.4 is 15.2 Å². The number of benzene rings is 1. The highest BCUT2D eigenvalue weighted by molar-refractivity contribution is 5.46. The summed E-state index contributed by atoms with van der Waals surface area (Å²) in [7, 11) is 1.55. The second-order valence-electron chi connectivity index (χ2n) is 3.93. The largest absolute Gasteiger partial charge is 0.493 e. The Hall–Kier alpha value is -2.11. The molecule has 1 heterocycles. The first-order valence-electron chi connectivity index (χ1n) is 5.87. The molecule has 0 radical (unpaired) electrons. The molecule has 0 aliphatic heterocycles. The summed E-state index contributed by atoms with van der Waals surface area (Å²) in [5, 5.41) is 9.10. The molecule has 5 nitrogen and oxygen atoms in total. The van der Waals surface area contributed by atoms with Gasteiger partial charge < -0.3 is 20.3 Å². The van der Waals surface area contributed by atoms with Gasteiger partial charge in [0, 0.05) is 18.3 Å². The quantitative estimate of drug-likeness (QED) is 0.857. The molecule has 0 saturated heterocycles. The van der Waals surface area contributed by atoms with E-state index in [-0.39, 0.29) is 6.61 Å². The lowest BCUT2D eigenvalue weighted by Crippen LogP contribution is -2.00. The molecule has 5 heteroatoms. The van der Waals surface area contributed by atoms with E-state index in [9.17, 15) is 0 Å². The van der Waals surface area contributed by atoms with Crippen LogP contribution in [0.3, 0.4) is 0 Å². The Kier molecular flexibility index (Phi) is 4.33. The van der Waals surface area contributed by atoms with Gasteiger partial charge in [0.25, 0.3) is 0 Å². The second kappa shape index (κ2) is 6.17. The second-order valence-corrected chi connectivity index (χ2v) is 3.93. The van der Waals surface area contributed by atoms with Crippen molar-refractivity contribution in [3.8, 4) is 17.2 Å². The van der Waals surface area contributed by atoms with E-state index in [0.717, 1.165) is 11.1 Å². The van der Waals surface area contributed by atoms with Crippen LogP contribution in [0.2, 0.25) is 0 Å². The molecule has 0 spiro atoms. The molecule has 2 rings (SSSR count). The number of aromatic nitrogens is 1. The Labute approximate surface area is 111 Å². The maximum Gasteiger partial charge on any atom is 0.169 e. The number of ether oxygens (including phenoxy) is 2. The summed E-state index contributed by atoms with van der Waals surface area (Å²) in [6, 6.07) is 7.06. The Morgan fingerprint density at radius 3 is 2.74 bits per heavy atom. The third-order valence-corrected chi connectivity index (χ3v) is 2.72. The summed E-state index contributed by atoms with van der Waals surface area (Å²) in [6.45, 7) is 0.326. The number of nitrogens with two attached hydrogens (primary N) is 1. The number of nitrogens with zero attached hydrogens (tertiary/aromatic N) is 1. The van der Waals surface area contributed by atoms with E-state index in [0.29, 0.717) is 23.8 Å². The van der Waals surface area contributed by atoms with Crippen molar-refractivity contribution in [2.24, 2.45) is 5.73 Å². The zero-order chi connectivity index (χ0) is 13.7. The molecule has 0 aliphatic carbocycles. The summed E-state index contributed by atoms with van der Waals surface area (Å²) in [6.07, 6.45) is 3.28. The molecule has 0 amide bonds. The first-order chi connectivity index (χ1) is 9.28. The van der Waals surface area contributed by atoms with E-state index in [4.69, 9.17) is 20.3 Å². The van der Waals surface area contributed by atoms with Crippen LogP contribution in [0, 0.1) is 0 Å². The van der Waals surface area contributed by atoms with E-state index in [1.165, 1.54) is 0 Å². The van der Waals surface area contributed by atoms with Gasteiger partial charge in [0.1, 0.15) is 5.75 Å². The van der Waals surface area contributed by atoms with Gasteiger partial charge in [-0.1, -0.05) is 6.07 Å². The topological polar surface area (TPSA) is 77.6 Å². The van der Waals surface area contributed by atoms with E-state index >= 15 is 0 Å². The van der Waals surface area contributed by atoms with Crippen molar-refractivity contribution in [2.45, 2.75) is 13.2 Å². The van der Waals surface area contributed by atoms with Crippen LogP contribution in [-0.4, -0.2) is 17.2 Å². The molecule has 3 N–H and O–H groups in total. The van der Waals surface area contributed by atoms with Gasteiger partial charge in [0.15, 0.2) is 11.5 Å². The van der Waals surface area contributed by atoms with Gasteiger partial charge in [-0.2, -0.15) is 0 Å². The fourth-order valence-electron chi connectivity index (χ4n) is 1.68. The molecule has 0 saturated carbocycles. The van der Waals surface area contributed by atoms with Gasteiger partial charge in [0.05, 0.1) is 19.9 Å². The van der Waals surface area contributed by atoms with Gasteiger partial charge in [-0.05, 0) is 23.8 Å². The summed E-state index contributed by atoms with van der Waals surface area (Å²) in [5.74, 6) is 1.71. The van der Waals surface area contributed by atoms with Gasteiger partial charge in [0.2, 0.25) is 0 Å². The number of pyridine rings is 1. The zero-order valence-electron chi connectivity index (χ0n) is 10.7. The van der Waals surface area contributed by atoms with E-state index in [1.54, 1.807) is 37.7 Å². The Bertz CT molecular complexity index is 558. The fraction of sp³-hybridized carbons (Fsp3) is 0.214. The summed E-state index contributed by atoms with van der Waals surface area (Å²) < 4.78 is 11.0. The molecule has 100 valence electrons. The lowest BCUT2D eigenvalue weighted by Gasteiger charge is -2.13. The first-order valence-corrected chi connectivity index (χ1v) is 5.87. The molecule has 0 atom stereocenters. The molecule has 0 bridgehead atoms. The minimum absolute atomic E-state index is 0.0441. The number of hydrogen-bond acceptors (Lipinski definition) is 5. The van der Waals surface area contributed by atoms with Gasteiger partial charge in [-0.25, -0.2) is 0 Å². The molecular weight excluding hydrogens is 244 g/mol. The summed E-state index contributed by atoms with van der Waals surface area (Å²) in [4.78, 5) is 4.02. The summed E-state index contributed by atoms with van der Waals surface area (Å²) in [5.41, 5.74) is 7.27. The van der Waals surface area contributed by atoms with Gasteiger partial charge >= 0.3 is 0 Å². The fourth-order valence-corrected chi connectivity index (χ4v) is 1.68. The third kappa shape index (κ3) is 3.01. The molecular formula is C14H16N2O3. The predicted molar refractivity (Wildman–Crippen MR) is 71.1 cm³/mol. The van der Waals surface area contributed by atoms with Crippen LogP contribution in [0.15, 0.2) is 36.7 Å². The highest BCUT2D eigenvalue weighted by Gasteiger charge is 2.09. The molecule has 0 fully saturated rings. The highest BCUT2D eigenvalue weighted by atomic mass is 16.5. The van der Waals surface area contributed by atoms with E-state index in [1.807, 2.05) is 6.07 Å². The lowest BCUT2D eigenvalue weighted by molar-refractivity contribution is 0.280. The van der Waals surface area contributed by atoms with Crippen LogP contribution in [0.4, 0.5) is 0 Å². The van der Waals surface area contributed by atoms with Crippen molar-refractivity contribution in [2.75, 3.05) is 7.11 Å². The number of rotatable bonds is 5. The molecule has 1 aromatic heterocycles. The van der Waals surface area contributed by atoms with Crippen LogP contribution >= 0.6 is 0 Å². The van der Waals surface area contributed by atoms with Crippen molar-refractivity contribution in [1.29, 1.82) is 0 Å². The smallest absolute Gasteiger partial charge is 0.169 e. The highest BCUT2D eigenvalue weighted by Crippen LogP contribution is 2.33. The maximum atomic E-state index is 9.10. The number of hydrogen-bond donors (Lipinski definition) is 2. The Morgan fingerprint density at radius 1 is 1.21 bits per heavy atom. The van der Waals surface area contributed by atoms with Crippen LogP contribution in [0.1, 0.15) is 11.1 Å². The minimum Gasteiger partial charge on any atom is -0.493 e. The van der Waals surface area contributed by atoms with Crippen molar-refractivity contribution >= 4 is 0 Å². The average molecular weight is 260 g/mol. The van der Waals surface area contributed by atoms with Gasteiger partial charge in [-0.15, -0.1) is 0 Å². The van der Waals surface area contributed by atoms with Crippen molar-refractivity contribution in [1.82, 2.24) is 4.98 Å². The zero-order valence-corrected chi connectivity index (χ0v) is 10.7. The number of methoxy groups -OCH3 is 1. The third-order valence-electron chi connectivity index (χ3n) is 2.72. The summed E-state index contributed by atoms with van der Waals surface area (Å²) >= 11 is 0. The predicted octanol–water partition coefficient (Wildman–Crippen LogP) is 1.83. The molecule has 1 aromatic carbocycles. The average Bonchev–Trinajstić information content (AvgIpc) is 2.48. The number of aliphatic hydroxyl groups is 1. The minimum atomic E-state index is -0.0441. The van der Waals surface area contributed by atoms with E-state index < -0.39 is 0 Å². The van der Waals surface area contributed by atoms with Crippen molar-refractivity contribution in [3.63, 3.8) is 0 Å². The SMILES string of the molecule is COc1cc(CO)ccc1Oc1cnccc1CN. The Morgan fingerprint density at radius 2 is 2.05 bits per heavy atom. The van der Waals surface area contributed by atoms with Gasteiger partial charge in [-0.3, -0.25) is 4.98 Å². The molecule has 0 unspecified atom stereocenters.